The Labute approximate surface area is 72.6 Å². The van der Waals surface area contributed by atoms with E-state index in [-0.39, 0.29) is 39.7 Å². The van der Waals surface area contributed by atoms with Crippen LogP contribution >= 0.6 is 0 Å². The predicted octanol–water partition coefficient (Wildman–Crippen LogP) is -0.988. The summed E-state index contributed by atoms with van der Waals surface area (Å²) in [5.41, 5.74) is 0. The SMILES string of the molecule is [CH2-]CCCC.[Cd+2].[Cl-]. The summed E-state index contributed by atoms with van der Waals surface area (Å²) in [6, 6.07) is 0. The first-order valence-electron chi connectivity index (χ1n) is 2.21. The standard InChI is InChI=1S/C5H11.Cd.ClH/c1-3-5-4-2;;/h1,3-5H2,2H3;;1H/q-1;+2;/p-1. The van der Waals surface area contributed by atoms with Gasteiger partial charge in [-0.05, 0) is 0 Å². The van der Waals surface area contributed by atoms with Gasteiger partial charge in [-0.1, -0.05) is 19.8 Å². The van der Waals surface area contributed by atoms with E-state index >= 15 is 0 Å². The topological polar surface area (TPSA) is 0 Å². The van der Waals surface area contributed by atoms with Crippen molar-refractivity contribution < 1.29 is 39.7 Å². The van der Waals surface area contributed by atoms with Crippen LogP contribution in [0.4, 0.5) is 0 Å². The van der Waals surface area contributed by atoms with Crippen molar-refractivity contribution in [3.8, 4) is 0 Å². The van der Waals surface area contributed by atoms with Gasteiger partial charge >= 0.3 is 27.3 Å². The van der Waals surface area contributed by atoms with Gasteiger partial charge in [-0.15, -0.1) is 0 Å². The first-order chi connectivity index (χ1) is 2.41. The van der Waals surface area contributed by atoms with Crippen LogP contribution in [0.15, 0.2) is 0 Å². The van der Waals surface area contributed by atoms with Crippen LogP contribution in [0.25, 0.3) is 0 Å². The molecule has 0 aromatic rings. The van der Waals surface area contributed by atoms with E-state index < -0.39 is 0 Å². The van der Waals surface area contributed by atoms with Gasteiger partial charge in [0, 0.05) is 0 Å². The number of hydrogen-bond donors (Lipinski definition) is 0. The van der Waals surface area contributed by atoms with E-state index in [0.29, 0.717) is 0 Å². The third-order valence-electron chi connectivity index (χ3n) is 0.604. The fraction of sp³-hybridized carbons (Fsp3) is 0.800. The fourth-order valence-electron chi connectivity index (χ4n) is 0.250. The molecule has 0 saturated carbocycles. The van der Waals surface area contributed by atoms with Gasteiger partial charge in [-0.2, -0.15) is 6.42 Å². The summed E-state index contributed by atoms with van der Waals surface area (Å²) in [6.45, 7) is 5.85. The maximum Gasteiger partial charge on any atom is 2.00 e. The number of halogens is 1. The predicted molar refractivity (Wildman–Crippen MR) is 24.9 cm³/mol. The van der Waals surface area contributed by atoms with Crippen LogP contribution in [0.1, 0.15) is 26.2 Å². The summed E-state index contributed by atoms with van der Waals surface area (Å²) >= 11 is 0. The number of hydrogen-bond acceptors (Lipinski definition) is 0. The van der Waals surface area contributed by atoms with Crippen LogP contribution in [-0.2, 0) is 27.3 Å². The van der Waals surface area contributed by atoms with E-state index in [1.165, 1.54) is 12.8 Å². The Kier molecular flexibility index (Phi) is 35.2. The minimum absolute atomic E-state index is 0. The van der Waals surface area contributed by atoms with Crippen molar-refractivity contribution in [1.29, 1.82) is 0 Å². The van der Waals surface area contributed by atoms with E-state index in [4.69, 9.17) is 0 Å². The smallest absolute Gasteiger partial charge is 1.00 e. The molecule has 0 amide bonds. The summed E-state index contributed by atoms with van der Waals surface area (Å²) in [6.07, 6.45) is 3.65. The van der Waals surface area contributed by atoms with Gasteiger partial charge in [0.05, 0.1) is 0 Å². The Morgan fingerprint density at radius 2 is 1.86 bits per heavy atom. The van der Waals surface area contributed by atoms with Gasteiger partial charge in [0.15, 0.2) is 0 Å². The molecule has 0 N–H and O–H groups in total. The van der Waals surface area contributed by atoms with Gasteiger partial charge in [0.2, 0.25) is 0 Å². The fourth-order valence-corrected chi connectivity index (χ4v) is 0.250. The number of unbranched alkanes of at least 4 members (excludes halogenated alkanes) is 2. The van der Waals surface area contributed by atoms with Crippen LogP contribution in [0.5, 0.6) is 0 Å². The Morgan fingerprint density at radius 3 is 1.86 bits per heavy atom. The average Bonchev–Trinajstić information content (AvgIpc) is 1.41. The zero-order valence-electron chi connectivity index (χ0n) is 4.91. The quantitative estimate of drug-likeness (QED) is 0.413. The molecule has 0 heterocycles. The molecule has 0 unspecified atom stereocenters. The van der Waals surface area contributed by atoms with Crippen molar-refractivity contribution in [2.45, 2.75) is 26.2 Å². The molecular formula is C5H11CdCl. The molecule has 7 heavy (non-hydrogen) atoms. The summed E-state index contributed by atoms with van der Waals surface area (Å²) in [5, 5.41) is 0. The average molecular weight is 219 g/mol. The van der Waals surface area contributed by atoms with E-state index in [9.17, 15) is 0 Å². The summed E-state index contributed by atoms with van der Waals surface area (Å²) in [7, 11) is 0. The van der Waals surface area contributed by atoms with Gasteiger partial charge in [-0.3, -0.25) is 0 Å². The van der Waals surface area contributed by atoms with Crippen molar-refractivity contribution in [2.75, 3.05) is 0 Å². The maximum absolute atomic E-state index is 3.68. The monoisotopic (exact) mass is 220 g/mol. The van der Waals surface area contributed by atoms with Crippen molar-refractivity contribution in [1.82, 2.24) is 0 Å². The molecule has 0 aliphatic rings. The van der Waals surface area contributed by atoms with Crippen molar-refractivity contribution in [2.24, 2.45) is 0 Å². The minimum atomic E-state index is 0. The van der Waals surface area contributed by atoms with Crippen LogP contribution in [0.2, 0.25) is 0 Å². The molecule has 40 valence electrons. The second-order valence-corrected chi connectivity index (χ2v) is 1.21. The summed E-state index contributed by atoms with van der Waals surface area (Å²) in [4.78, 5) is 0. The Balaban J connectivity index is -0.0000000800. The Bertz CT molecular complexity index is 15.6. The molecule has 0 aromatic carbocycles. The molecular weight excluding hydrogens is 208 g/mol. The van der Waals surface area contributed by atoms with Gasteiger partial charge in [-0.25, -0.2) is 0 Å². The maximum atomic E-state index is 3.68. The number of rotatable bonds is 2. The third-order valence-corrected chi connectivity index (χ3v) is 0.604. The molecule has 0 saturated heterocycles. The zero-order valence-corrected chi connectivity index (χ0v) is 9.71. The van der Waals surface area contributed by atoms with E-state index in [1.54, 1.807) is 0 Å². The second-order valence-electron chi connectivity index (χ2n) is 1.21. The molecule has 0 radical (unpaired) electrons. The molecule has 0 aliphatic carbocycles. The van der Waals surface area contributed by atoms with Crippen LogP contribution in [-0.4, -0.2) is 0 Å². The van der Waals surface area contributed by atoms with Gasteiger partial charge < -0.3 is 19.3 Å². The van der Waals surface area contributed by atoms with Gasteiger partial charge in [0.1, 0.15) is 0 Å². The Hall–Kier alpha value is 1.21. The van der Waals surface area contributed by atoms with Crippen LogP contribution in [0, 0.1) is 6.92 Å². The molecule has 0 aliphatic heterocycles. The molecule has 0 nitrogen and oxygen atoms in total. The molecule has 0 bridgehead atoms. The molecule has 0 atom stereocenters. The third kappa shape index (κ3) is 19.0. The zero-order chi connectivity index (χ0) is 4.12. The van der Waals surface area contributed by atoms with Crippen molar-refractivity contribution >= 4 is 0 Å². The van der Waals surface area contributed by atoms with Crippen molar-refractivity contribution in [3.05, 3.63) is 6.92 Å². The molecule has 0 aromatic heterocycles. The molecule has 0 spiro atoms. The molecule has 0 rings (SSSR count). The first kappa shape index (κ1) is 15.7. The summed E-state index contributed by atoms with van der Waals surface area (Å²) < 4.78 is 0. The second kappa shape index (κ2) is 15.7. The largest absolute Gasteiger partial charge is 2.00 e. The van der Waals surface area contributed by atoms with E-state index in [1.807, 2.05) is 0 Å². The normalized spacial score (nSPS) is 6.00. The Morgan fingerprint density at radius 1 is 1.43 bits per heavy atom. The van der Waals surface area contributed by atoms with Crippen LogP contribution in [0.3, 0.4) is 0 Å². The van der Waals surface area contributed by atoms with Crippen LogP contribution < -0.4 is 12.4 Å². The van der Waals surface area contributed by atoms with E-state index in [2.05, 4.69) is 13.8 Å². The first-order valence-corrected chi connectivity index (χ1v) is 2.21. The minimum Gasteiger partial charge on any atom is -1.00 e. The summed E-state index contributed by atoms with van der Waals surface area (Å²) in [5.74, 6) is 0. The molecule has 2 heteroatoms. The van der Waals surface area contributed by atoms with Crippen molar-refractivity contribution in [3.63, 3.8) is 0 Å². The molecule has 0 fully saturated rings. The van der Waals surface area contributed by atoms with Gasteiger partial charge in [0.25, 0.3) is 0 Å². The van der Waals surface area contributed by atoms with E-state index in [0.717, 1.165) is 6.42 Å².